The monoisotopic (exact) mass is 413 g/mol. The molecule has 0 fully saturated rings. The fraction of sp³-hybridized carbons (Fsp3) is 0.400. The third-order valence-electron chi connectivity index (χ3n) is 4.13. The molecular weight excluding hydrogens is 398 g/mol. The lowest BCUT2D eigenvalue weighted by Crippen LogP contribution is -2.24. The highest BCUT2D eigenvalue weighted by Crippen LogP contribution is 2.40. The SMILES string of the molecule is COc1c(Br)cnc(CN2CC(CO)c3c(Cl)nc(N)nc32)c1C. The number of nitrogens with zero attached hydrogens (tertiary/aromatic N) is 4. The number of nitrogens with two attached hydrogens (primary N) is 1. The van der Waals surface area contributed by atoms with Crippen molar-refractivity contribution in [2.24, 2.45) is 0 Å². The van der Waals surface area contributed by atoms with Gasteiger partial charge in [0.25, 0.3) is 0 Å². The minimum atomic E-state index is -0.147. The van der Waals surface area contributed by atoms with E-state index in [0.29, 0.717) is 18.9 Å². The van der Waals surface area contributed by atoms with Crippen molar-refractivity contribution in [3.8, 4) is 5.75 Å². The number of methoxy groups -OCH3 is 1. The number of hydrogen-bond donors (Lipinski definition) is 2. The van der Waals surface area contributed by atoms with E-state index in [1.165, 1.54) is 0 Å². The number of anilines is 2. The molecule has 3 rings (SSSR count). The van der Waals surface area contributed by atoms with Crippen LogP contribution in [0.1, 0.15) is 22.7 Å². The molecule has 1 aliphatic heterocycles. The average Bonchev–Trinajstić information content (AvgIpc) is 2.88. The topological polar surface area (TPSA) is 97.4 Å². The van der Waals surface area contributed by atoms with E-state index in [4.69, 9.17) is 22.1 Å². The van der Waals surface area contributed by atoms with Crippen LogP contribution in [0.25, 0.3) is 0 Å². The summed E-state index contributed by atoms with van der Waals surface area (Å²) in [4.78, 5) is 14.8. The second-order valence-electron chi connectivity index (χ2n) is 5.58. The highest BCUT2D eigenvalue weighted by atomic mass is 79.9. The molecule has 0 aliphatic carbocycles. The predicted octanol–water partition coefficient (Wildman–Crippen LogP) is 2.28. The van der Waals surface area contributed by atoms with Gasteiger partial charge in [-0.15, -0.1) is 0 Å². The van der Waals surface area contributed by atoms with Crippen molar-refractivity contribution in [2.75, 3.05) is 30.9 Å². The van der Waals surface area contributed by atoms with Gasteiger partial charge in [-0.25, -0.2) is 4.98 Å². The Labute approximate surface area is 153 Å². The fourth-order valence-corrected chi connectivity index (χ4v) is 3.85. The largest absolute Gasteiger partial charge is 0.495 e. The Bertz CT molecular complexity index is 789. The lowest BCUT2D eigenvalue weighted by molar-refractivity contribution is 0.270. The first-order chi connectivity index (χ1) is 11.5. The third kappa shape index (κ3) is 2.89. The Morgan fingerprint density at radius 3 is 2.92 bits per heavy atom. The van der Waals surface area contributed by atoms with Gasteiger partial charge in [-0.1, -0.05) is 11.6 Å². The van der Waals surface area contributed by atoms with Gasteiger partial charge >= 0.3 is 0 Å². The number of pyridine rings is 1. The number of nitrogen functional groups attached to an aromatic ring is 1. The Hall–Kier alpha value is -1.64. The Balaban J connectivity index is 1.99. The predicted molar refractivity (Wildman–Crippen MR) is 95.6 cm³/mol. The molecule has 0 bridgehead atoms. The summed E-state index contributed by atoms with van der Waals surface area (Å²) in [7, 11) is 1.62. The summed E-state index contributed by atoms with van der Waals surface area (Å²) < 4.78 is 6.22. The number of ether oxygens (including phenoxy) is 1. The maximum Gasteiger partial charge on any atom is 0.223 e. The lowest BCUT2D eigenvalue weighted by atomic mass is 10.1. The Kier molecular flexibility index (Phi) is 4.80. The number of aliphatic hydroxyl groups is 1. The molecule has 0 radical (unpaired) electrons. The molecule has 3 N–H and O–H groups in total. The molecule has 2 aromatic rings. The molecule has 7 nitrogen and oxygen atoms in total. The van der Waals surface area contributed by atoms with Crippen molar-refractivity contribution in [1.82, 2.24) is 15.0 Å². The normalized spacial score (nSPS) is 16.4. The van der Waals surface area contributed by atoms with Crippen LogP contribution in [-0.2, 0) is 6.54 Å². The summed E-state index contributed by atoms with van der Waals surface area (Å²) in [6, 6.07) is 0. The molecule has 128 valence electrons. The third-order valence-corrected chi connectivity index (χ3v) is 4.99. The van der Waals surface area contributed by atoms with Crippen molar-refractivity contribution in [2.45, 2.75) is 19.4 Å². The van der Waals surface area contributed by atoms with Crippen LogP contribution in [0.4, 0.5) is 11.8 Å². The van der Waals surface area contributed by atoms with E-state index in [2.05, 4.69) is 30.9 Å². The second kappa shape index (κ2) is 6.70. The molecule has 9 heteroatoms. The molecule has 0 saturated carbocycles. The van der Waals surface area contributed by atoms with Gasteiger partial charge in [0.2, 0.25) is 5.95 Å². The standard InChI is InChI=1S/C15H17BrClN5O2/c1-7-10(19-3-9(16)12(7)24-2)5-22-4-8(6-23)11-13(17)20-15(18)21-14(11)22/h3,8,23H,4-6H2,1-2H3,(H2,18,20,21). The zero-order chi connectivity index (χ0) is 17.4. The van der Waals surface area contributed by atoms with E-state index >= 15 is 0 Å². The summed E-state index contributed by atoms with van der Waals surface area (Å²) >= 11 is 9.64. The van der Waals surface area contributed by atoms with E-state index in [1.54, 1.807) is 13.3 Å². The number of hydrogen-bond acceptors (Lipinski definition) is 7. The first-order valence-electron chi connectivity index (χ1n) is 7.32. The number of halogens is 2. The van der Waals surface area contributed by atoms with Crippen LogP contribution in [0.5, 0.6) is 5.75 Å². The van der Waals surface area contributed by atoms with Crippen molar-refractivity contribution >= 4 is 39.3 Å². The van der Waals surface area contributed by atoms with E-state index < -0.39 is 0 Å². The van der Waals surface area contributed by atoms with Crippen LogP contribution in [-0.4, -0.2) is 40.3 Å². The van der Waals surface area contributed by atoms with Gasteiger partial charge in [-0.3, -0.25) is 4.98 Å². The molecule has 0 saturated heterocycles. The molecule has 0 aromatic carbocycles. The minimum absolute atomic E-state index is 0.0352. The quantitative estimate of drug-likeness (QED) is 0.741. The summed E-state index contributed by atoms with van der Waals surface area (Å²) in [6.07, 6.45) is 1.71. The molecule has 24 heavy (non-hydrogen) atoms. The number of aliphatic hydroxyl groups excluding tert-OH is 1. The molecule has 1 aliphatic rings. The molecule has 1 atom stereocenters. The molecule has 1 unspecified atom stereocenters. The Morgan fingerprint density at radius 1 is 1.50 bits per heavy atom. The second-order valence-corrected chi connectivity index (χ2v) is 6.79. The first-order valence-corrected chi connectivity index (χ1v) is 8.50. The van der Waals surface area contributed by atoms with Crippen LogP contribution in [0.2, 0.25) is 5.15 Å². The van der Waals surface area contributed by atoms with E-state index in [9.17, 15) is 5.11 Å². The van der Waals surface area contributed by atoms with Gasteiger partial charge in [0.15, 0.2) is 0 Å². The van der Waals surface area contributed by atoms with Crippen LogP contribution < -0.4 is 15.4 Å². The number of rotatable bonds is 4. The molecular formula is C15H17BrClN5O2. The lowest BCUT2D eigenvalue weighted by Gasteiger charge is -2.20. The fourth-order valence-electron chi connectivity index (χ4n) is 2.96. The maximum atomic E-state index is 9.65. The highest BCUT2D eigenvalue weighted by Gasteiger charge is 2.33. The van der Waals surface area contributed by atoms with Gasteiger partial charge in [0.1, 0.15) is 16.7 Å². The number of aromatic nitrogens is 3. The summed E-state index contributed by atoms with van der Waals surface area (Å²) in [5, 5.41) is 9.94. The smallest absolute Gasteiger partial charge is 0.223 e. The number of fused-ring (bicyclic) bond motifs is 1. The van der Waals surface area contributed by atoms with Crippen LogP contribution >= 0.6 is 27.5 Å². The van der Waals surface area contributed by atoms with Gasteiger partial charge in [0, 0.05) is 29.8 Å². The molecule has 0 amide bonds. The first kappa shape index (κ1) is 17.2. The van der Waals surface area contributed by atoms with Crippen LogP contribution in [0.3, 0.4) is 0 Å². The van der Waals surface area contributed by atoms with Gasteiger partial charge < -0.3 is 20.5 Å². The van der Waals surface area contributed by atoms with Crippen molar-refractivity contribution in [1.29, 1.82) is 0 Å². The van der Waals surface area contributed by atoms with Gasteiger partial charge in [0.05, 0.1) is 30.4 Å². The molecule has 0 spiro atoms. The van der Waals surface area contributed by atoms with E-state index in [0.717, 1.165) is 27.0 Å². The van der Waals surface area contributed by atoms with Crippen LogP contribution in [0.15, 0.2) is 10.7 Å². The maximum absolute atomic E-state index is 9.65. The molecule has 2 aromatic heterocycles. The molecule has 3 heterocycles. The van der Waals surface area contributed by atoms with E-state index in [-0.39, 0.29) is 23.6 Å². The zero-order valence-electron chi connectivity index (χ0n) is 13.3. The van der Waals surface area contributed by atoms with Gasteiger partial charge in [-0.05, 0) is 22.9 Å². The van der Waals surface area contributed by atoms with Gasteiger partial charge in [-0.2, -0.15) is 4.98 Å². The zero-order valence-corrected chi connectivity index (χ0v) is 15.6. The summed E-state index contributed by atoms with van der Waals surface area (Å²) in [5.74, 6) is 1.36. The van der Waals surface area contributed by atoms with Crippen molar-refractivity contribution < 1.29 is 9.84 Å². The summed E-state index contributed by atoms with van der Waals surface area (Å²) in [5.41, 5.74) is 8.26. The Morgan fingerprint density at radius 2 is 2.25 bits per heavy atom. The van der Waals surface area contributed by atoms with Crippen LogP contribution in [0, 0.1) is 6.92 Å². The highest BCUT2D eigenvalue weighted by molar-refractivity contribution is 9.10. The summed E-state index contributed by atoms with van der Waals surface area (Å²) in [6.45, 7) is 3.00. The average molecular weight is 415 g/mol. The minimum Gasteiger partial charge on any atom is -0.495 e. The van der Waals surface area contributed by atoms with E-state index in [1.807, 2.05) is 11.8 Å². The van der Waals surface area contributed by atoms with Crippen molar-refractivity contribution in [3.05, 3.63) is 32.6 Å². The van der Waals surface area contributed by atoms with Crippen molar-refractivity contribution in [3.63, 3.8) is 0 Å².